The van der Waals surface area contributed by atoms with Gasteiger partial charge in [-0.25, -0.2) is 8.78 Å². The van der Waals surface area contributed by atoms with Crippen molar-refractivity contribution in [3.05, 3.63) is 70.8 Å². The van der Waals surface area contributed by atoms with Crippen LogP contribution >= 0.6 is 0 Å². The van der Waals surface area contributed by atoms with Gasteiger partial charge in [0.05, 0.1) is 19.3 Å². The van der Waals surface area contributed by atoms with E-state index in [1.807, 2.05) is 30.3 Å². The summed E-state index contributed by atoms with van der Waals surface area (Å²) in [5.74, 6) is 0. The molecule has 0 amide bonds. The van der Waals surface area contributed by atoms with E-state index in [-0.39, 0.29) is 18.7 Å². The molecule has 25 heavy (non-hydrogen) atoms. The van der Waals surface area contributed by atoms with Crippen LogP contribution in [-0.2, 0) is 29.4 Å². The summed E-state index contributed by atoms with van der Waals surface area (Å²) in [6.07, 6.45) is -0.457. The number of alkyl halides is 2. The van der Waals surface area contributed by atoms with Crippen LogP contribution in [0.25, 0.3) is 0 Å². The van der Waals surface area contributed by atoms with Crippen LogP contribution in [0.4, 0.5) is 8.78 Å². The number of halogens is 2. The topological polar surface area (TPSA) is 30.5 Å². The zero-order valence-corrected chi connectivity index (χ0v) is 14.3. The van der Waals surface area contributed by atoms with E-state index < -0.39 is 19.6 Å². The van der Waals surface area contributed by atoms with Gasteiger partial charge in [-0.2, -0.15) is 0 Å². The van der Waals surface area contributed by atoms with Gasteiger partial charge in [-0.15, -0.1) is 0 Å². The minimum atomic E-state index is -0.619. The molecular weight excluding hydrogens is 324 g/mol. The summed E-state index contributed by atoms with van der Waals surface area (Å²) in [4.78, 5) is 0. The van der Waals surface area contributed by atoms with E-state index in [1.54, 1.807) is 12.1 Å². The lowest BCUT2D eigenvalue weighted by Gasteiger charge is -2.36. The molecule has 0 unspecified atom stereocenters. The smallest absolute Gasteiger partial charge is 0.177 e. The standard InChI is InChI=1S/C20H23F2NO2/c1-14-12-24-20(19(23-14)18-5-3-2-4-6-18)25-13-17-8-15(10-21)7-16(9-17)11-22/h2-9,14,19-20,23H,10-13H2,1H3/t14-,19-,20+/m1/s1. The quantitative estimate of drug-likeness (QED) is 0.849. The van der Waals surface area contributed by atoms with Crippen LogP contribution in [0, 0.1) is 0 Å². The molecule has 0 aliphatic carbocycles. The predicted octanol–water partition coefficient (Wildman–Crippen LogP) is 4.22. The molecule has 2 aromatic rings. The molecule has 0 radical (unpaired) electrons. The molecule has 0 saturated carbocycles. The Hall–Kier alpha value is -1.82. The molecule has 2 aromatic carbocycles. The van der Waals surface area contributed by atoms with Crippen molar-refractivity contribution in [2.24, 2.45) is 0 Å². The van der Waals surface area contributed by atoms with E-state index in [2.05, 4.69) is 12.2 Å². The third-order valence-electron chi connectivity index (χ3n) is 4.24. The normalized spacial score (nSPS) is 23.6. The van der Waals surface area contributed by atoms with E-state index in [4.69, 9.17) is 9.47 Å². The predicted molar refractivity (Wildman–Crippen MR) is 92.4 cm³/mol. The van der Waals surface area contributed by atoms with Gasteiger partial charge in [0.1, 0.15) is 13.3 Å². The van der Waals surface area contributed by atoms with Gasteiger partial charge >= 0.3 is 0 Å². The summed E-state index contributed by atoms with van der Waals surface area (Å²) in [6.45, 7) is 1.61. The number of hydrogen-bond acceptors (Lipinski definition) is 3. The Morgan fingerprint density at radius 2 is 1.68 bits per heavy atom. The fourth-order valence-electron chi connectivity index (χ4n) is 3.08. The largest absolute Gasteiger partial charge is 0.349 e. The van der Waals surface area contributed by atoms with Crippen LogP contribution in [-0.4, -0.2) is 18.9 Å². The summed E-state index contributed by atoms with van der Waals surface area (Å²) < 4.78 is 37.7. The summed E-state index contributed by atoms with van der Waals surface area (Å²) in [5, 5.41) is 3.49. The molecule has 0 spiro atoms. The van der Waals surface area contributed by atoms with Gasteiger partial charge in [0, 0.05) is 6.04 Å². The second-order valence-corrected chi connectivity index (χ2v) is 6.39. The zero-order valence-electron chi connectivity index (χ0n) is 14.3. The first-order chi connectivity index (χ1) is 12.2. The van der Waals surface area contributed by atoms with Gasteiger partial charge in [-0.05, 0) is 29.2 Å². The molecule has 1 heterocycles. The number of nitrogens with one attached hydrogen (secondary N) is 1. The van der Waals surface area contributed by atoms with Crippen molar-refractivity contribution in [1.29, 1.82) is 0 Å². The molecule has 1 aliphatic heterocycles. The molecule has 3 atom stereocenters. The molecule has 1 saturated heterocycles. The van der Waals surface area contributed by atoms with Gasteiger partial charge in [-0.3, -0.25) is 0 Å². The highest BCUT2D eigenvalue weighted by Gasteiger charge is 2.30. The van der Waals surface area contributed by atoms with Crippen LogP contribution < -0.4 is 5.32 Å². The van der Waals surface area contributed by atoms with Crippen LogP contribution in [0.5, 0.6) is 0 Å². The summed E-state index contributed by atoms with van der Waals surface area (Å²) >= 11 is 0. The van der Waals surface area contributed by atoms with E-state index in [9.17, 15) is 8.78 Å². The van der Waals surface area contributed by atoms with Gasteiger partial charge in [0.15, 0.2) is 6.29 Å². The first-order valence-electron chi connectivity index (χ1n) is 8.47. The van der Waals surface area contributed by atoms with Crippen molar-refractivity contribution in [2.75, 3.05) is 6.61 Å². The first kappa shape index (κ1) is 18.0. The summed E-state index contributed by atoms with van der Waals surface area (Å²) in [6, 6.07) is 15.1. The number of ether oxygens (including phenoxy) is 2. The Kier molecular flexibility index (Phi) is 6.13. The van der Waals surface area contributed by atoms with Crippen LogP contribution in [0.1, 0.15) is 35.2 Å². The molecule has 0 bridgehead atoms. The average molecular weight is 347 g/mol. The van der Waals surface area contributed by atoms with E-state index in [1.165, 1.54) is 6.07 Å². The van der Waals surface area contributed by atoms with E-state index in [0.717, 1.165) is 11.1 Å². The Balaban J connectivity index is 1.72. The lowest BCUT2D eigenvalue weighted by atomic mass is 10.0. The Labute approximate surface area is 147 Å². The lowest BCUT2D eigenvalue weighted by Crippen LogP contribution is -2.48. The van der Waals surface area contributed by atoms with Crippen LogP contribution in [0.15, 0.2) is 48.5 Å². The molecule has 5 heteroatoms. The maximum absolute atomic E-state index is 12.9. The zero-order chi connectivity index (χ0) is 17.6. The molecule has 1 fully saturated rings. The molecule has 0 aromatic heterocycles. The van der Waals surface area contributed by atoms with Crippen molar-refractivity contribution in [3.8, 4) is 0 Å². The number of morpholine rings is 1. The Morgan fingerprint density at radius 3 is 2.32 bits per heavy atom. The third kappa shape index (κ3) is 4.63. The minimum absolute atomic E-state index is 0.0880. The number of rotatable bonds is 6. The molecule has 1 aliphatic rings. The van der Waals surface area contributed by atoms with Crippen molar-refractivity contribution in [1.82, 2.24) is 5.32 Å². The SMILES string of the molecule is C[C@@H]1CO[C@@H](OCc2cc(CF)cc(CF)c2)[C@@H](c2ccccc2)N1. The van der Waals surface area contributed by atoms with Crippen LogP contribution in [0.2, 0.25) is 0 Å². The highest BCUT2D eigenvalue weighted by molar-refractivity contribution is 5.29. The minimum Gasteiger partial charge on any atom is -0.349 e. The fourth-order valence-corrected chi connectivity index (χ4v) is 3.08. The second-order valence-electron chi connectivity index (χ2n) is 6.39. The number of benzene rings is 2. The van der Waals surface area contributed by atoms with Crippen molar-refractivity contribution in [2.45, 2.75) is 45.3 Å². The number of hydrogen-bond donors (Lipinski definition) is 1. The Bertz CT molecular complexity index is 658. The highest BCUT2D eigenvalue weighted by atomic mass is 19.1. The molecule has 3 rings (SSSR count). The van der Waals surface area contributed by atoms with Crippen molar-refractivity contribution in [3.63, 3.8) is 0 Å². The highest BCUT2D eigenvalue weighted by Crippen LogP contribution is 2.26. The maximum atomic E-state index is 12.9. The van der Waals surface area contributed by atoms with Gasteiger partial charge in [-0.1, -0.05) is 48.5 Å². The van der Waals surface area contributed by atoms with Gasteiger partial charge in [0.2, 0.25) is 0 Å². The second kappa shape index (κ2) is 8.52. The van der Waals surface area contributed by atoms with Gasteiger partial charge < -0.3 is 14.8 Å². The molecule has 134 valence electrons. The van der Waals surface area contributed by atoms with Crippen molar-refractivity contribution >= 4 is 0 Å². The van der Waals surface area contributed by atoms with Gasteiger partial charge in [0.25, 0.3) is 0 Å². The summed E-state index contributed by atoms with van der Waals surface area (Å²) in [7, 11) is 0. The van der Waals surface area contributed by atoms with Crippen molar-refractivity contribution < 1.29 is 18.3 Å². The fraction of sp³-hybridized carbons (Fsp3) is 0.400. The average Bonchev–Trinajstić information content (AvgIpc) is 2.67. The Morgan fingerprint density at radius 1 is 1.04 bits per heavy atom. The van der Waals surface area contributed by atoms with E-state index in [0.29, 0.717) is 17.7 Å². The van der Waals surface area contributed by atoms with Crippen LogP contribution in [0.3, 0.4) is 0 Å². The van der Waals surface area contributed by atoms with E-state index >= 15 is 0 Å². The lowest BCUT2D eigenvalue weighted by molar-refractivity contribution is -0.192. The molecule has 1 N–H and O–H groups in total. The first-order valence-corrected chi connectivity index (χ1v) is 8.47. The summed E-state index contributed by atoms with van der Waals surface area (Å²) in [5.41, 5.74) is 2.76. The maximum Gasteiger partial charge on any atom is 0.177 e. The molecular formula is C20H23F2NO2. The molecule has 3 nitrogen and oxygen atoms in total. The third-order valence-corrected chi connectivity index (χ3v) is 4.24. The monoisotopic (exact) mass is 347 g/mol.